The number of Topliss-reactive ketones (excluding diaryl/α,β-unsaturated/α-hetero) is 1. The molecule has 7 nitrogen and oxygen atoms in total. The van der Waals surface area contributed by atoms with Gasteiger partial charge in [0.2, 0.25) is 10.9 Å². The molecule has 0 spiro atoms. The third-order valence-corrected chi connectivity index (χ3v) is 7.49. The zero-order valence-electron chi connectivity index (χ0n) is 17.3. The van der Waals surface area contributed by atoms with Crippen LogP contribution in [0.2, 0.25) is 0 Å². The highest BCUT2D eigenvalue weighted by molar-refractivity contribution is 7.99. The van der Waals surface area contributed by atoms with Crippen molar-refractivity contribution in [3.05, 3.63) is 53.8 Å². The summed E-state index contributed by atoms with van der Waals surface area (Å²) >= 11 is 2.95. The third-order valence-electron chi connectivity index (χ3n) is 5.56. The van der Waals surface area contributed by atoms with Crippen molar-refractivity contribution < 1.29 is 14.0 Å². The van der Waals surface area contributed by atoms with Crippen LogP contribution in [0.3, 0.4) is 0 Å². The maximum atomic E-state index is 14.4. The minimum atomic E-state index is -0.410. The number of carbonyl (C=O) groups is 2. The summed E-state index contributed by atoms with van der Waals surface area (Å²) in [6.07, 6.45) is 0. The molecule has 5 rings (SSSR count). The molecular formula is C22H20FN5O2S2. The van der Waals surface area contributed by atoms with Crippen molar-refractivity contribution in [2.45, 2.75) is 12.1 Å². The molecule has 4 aromatic rings. The Labute approximate surface area is 191 Å². The molecule has 1 fully saturated rings. The molecule has 164 valence electrons. The number of piperazine rings is 1. The van der Waals surface area contributed by atoms with Gasteiger partial charge in [-0.3, -0.25) is 14.0 Å². The maximum absolute atomic E-state index is 14.4. The summed E-state index contributed by atoms with van der Waals surface area (Å²) in [4.78, 5) is 28.7. The molecule has 0 bridgehead atoms. The van der Waals surface area contributed by atoms with E-state index in [2.05, 4.69) is 10.2 Å². The molecule has 2 aromatic heterocycles. The van der Waals surface area contributed by atoms with E-state index >= 15 is 0 Å². The van der Waals surface area contributed by atoms with Crippen LogP contribution in [0, 0.1) is 5.82 Å². The van der Waals surface area contributed by atoms with E-state index in [0.717, 1.165) is 15.2 Å². The zero-order chi connectivity index (χ0) is 22.2. The van der Waals surface area contributed by atoms with Crippen molar-refractivity contribution in [1.29, 1.82) is 0 Å². The van der Waals surface area contributed by atoms with Gasteiger partial charge in [0.1, 0.15) is 5.82 Å². The van der Waals surface area contributed by atoms with Crippen LogP contribution in [0.25, 0.3) is 15.2 Å². The molecule has 0 radical (unpaired) electrons. The van der Waals surface area contributed by atoms with Gasteiger partial charge in [0, 0.05) is 31.7 Å². The number of hydrogen-bond donors (Lipinski definition) is 0. The van der Waals surface area contributed by atoms with E-state index in [4.69, 9.17) is 0 Å². The number of aromatic nitrogens is 3. The second kappa shape index (κ2) is 8.51. The standard InChI is InChI=1S/C22H20FN5O2S2/c1-14(29)15-6-7-17(16(23)12-15)26-8-10-27(11-9-26)20(30)13-31-21-24-25-22-28(21)18-4-2-3-5-19(18)32-22/h2-7,12H,8-11,13H2,1H3. The van der Waals surface area contributed by atoms with Gasteiger partial charge < -0.3 is 9.80 Å². The number of thioether (sulfide) groups is 1. The number of benzene rings is 2. The molecule has 0 unspecified atom stereocenters. The van der Waals surface area contributed by atoms with Gasteiger partial charge >= 0.3 is 0 Å². The highest BCUT2D eigenvalue weighted by Crippen LogP contribution is 2.29. The summed E-state index contributed by atoms with van der Waals surface area (Å²) < 4.78 is 17.6. The van der Waals surface area contributed by atoms with Gasteiger partial charge in [0.15, 0.2) is 10.9 Å². The van der Waals surface area contributed by atoms with Crippen molar-refractivity contribution in [3.8, 4) is 0 Å². The molecular weight excluding hydrogens is 449 g/mol. The first-order chi connectivity index (χ1) is 15.5. The topological polar surface area (TPSA) is 70.8 Å². The number of rotatable bonds is 5. The van der Waals surface area contributed by atoms with Gasteiger partial charge in [-0.25, -0.2) is 4.39 Å². The fourth-order valence-corrected chi connectivity index (χ4v) is 5.72. The normalized spacial score (nSPS) is 14.4. The van der Waals surface area contributed by atoms with Crippen LogP contribution >= 0.6 is 23.1 Å². The molecule has 0 N–H and O–H groups in total. The number of hydrogen-bond acceptors (Lipinski definition) is 7. The molecule has 1 amide bonds. The Morgan fingerprint density at radius 1 is 1.09 bits per heavy atom. The van der Waals surface area contributed by atoms with Crippen LogP contribution in [0.1, 0.15) is 17.3 Å². The molecule has 1 aliphatic heterocycles. The average Bonchev–Trinajstić information content (AvgIpc) is 3.37. The second-order valence-electron chi connectivity index (χ2n) is 7.55. The number of anilines is 1. The van der Waals surface area contributed by atoms with Gasteiger partial charge in [-0.15, -0.1) is 10.2 Å². The van der Waals surface area contributed by atoms with Crippen molar-refractivity contribution >= 4 is 55.7 Å². The Balaban J connectivity index is 1.21. The number of fused-ring (bicyclic) bond motifs is 3. The van der Waals surface area contributed by atoms with Crippen LogP contribution < -0.4 is 4.90 Å². The molecule has 0 saturated carbocycles. The van der Waals surface area contributed by atoms with Gasteiger partial charge in [0.25, 0.3) is 0 Å². The largest absolute Gasteiger partial charge is 0.366 e. The van der Waals surface area contributed by atoms with Crippen molar-refractivity contribution in [2.24, 2.45) is 0 Å². The lowest BCUT2D eigenvalue weighted by Crippen LogP contribution is -2.49. The minimum Gasteiger partial charge on any atom is -0.366 e. The highest BCUT2D eigenvalue weighted by atomic mass is 32.2. The predicted molar refractivity (Wildman–Crippen MR) is 124 cm³/mol. The predicted octanol–water partition coefficient (Wildman–Crippen LogP) is 3.73. The van der Waals surface area contributed by atoms with Gasteiger partial charge in [-0.2, -0.15) is 0 Å². The van der Waals surface area contributed by atoms with E-state index in [1.54, 1.807) is 28.4 Å². The quantitative estimate of drug-likeness (QED) is 0.328. The lowest BCUT2D eigenvalue weighted by Gasteiger charge is -2.36. The number of halogens is 1. The second-order valence-corrected chi connectivity index (χ2v) is 9.50. The Kier molecular flexibility index (Phi) is 5.56. The van der Waals surface area contributed by atoms with E-state index in [1.807, 2.05) is 33.6 Å². The SMILES string of the molecule is CC(=O)c1ccc(N2CCN(C(=O)CSc3nnc4sc5ccccc5n34)CC2)c(F)c1. The number of amides is 1. The highest BCUT2D eigenvalue weighted by Gasteiger charge is 2.24. The molecule has 1 aliphatic rings. The zero-order valence-corrected chi connectivity index (χ0v) is 19.0. The van der Waals surface area contributed by atoms with Crippen molar-refractivity contribution in [1.82, 2.24) is 19.5 Å². The van der Waals surface area contributed by atoms with Crippen LogP contribution in [-0.4, -0.2) is 63.1 Å². The first kappa shape index (κ1) is 20.9. The molecule has 3 heterocycles. The van der Waals surface area contributed by atoms with Crippen LogP contribution in [0.15, 0.2) is 47.6 Å². The summed E-state index contributed by atoms with van der Waals surface area (Å²) in [5.41, 5.74) is 1.86. The fourth-order valence-electron chi connectivity index (χ4n) is 3.85. The molecule has 0 atom stereocenters. The lowest BCUT2D eigenvalue weighted by molar-refractivity contribution is -0.128. The molecule has 10 heteroatoms. The summed E-state index contributed by atoms with van der Waals surface area (Å²) in [5, 5.41) is 9.19. The summed E-state index contributed by atoms with van der Waals surface area (Å²) in [5.74, 6) is -0.277. The first-order valence-electron chi connectivity index (χ1n) is 10.2. The minimum absolute atomic E-state index is 0.0262. The Hall–Kier alpha value is -2.98. The Morgan fingerprint density at radius 2 is 1.88 bits per heavy atom. The maximum Gasteiger partial charge on any atom is 0.233 e. The van der Waals surface area contributed by atoms with E-state index in [0.29, 0.717) is 42.6 Å². The summed E-state index contributed by atoms with van der Waals surface area (Å²) in [6, 6.07) is 12.6. The number of ketones is 1. The molecule has 32 heavy (non-hydrogen) atoms. The summed E-state index contributed by atoms with van der Waals surface area (Å²) in [7, 11) is 0. The fraction of sp³-hybridized carbons (Fsp3) is 0.273. The Bertz CT molecular complexity index is 1330. The molecule has 1 saturated heterocycles. The van der Waals surface area contributed by atoms with Crippen molar-refractivity contribution in [3.63, 3.8) is 0 Å². The third kappa shape index (κ3) is 3.84. The number of thiazole rings is 1. The van der Waals surface area contributed by atoms with E-state index in [-0.39, 0.29) is 17.4 Å². The van der Waals surface area contributed by atoms with Gasteiger partial charge in [-0.05, 0) is 37.3 Å². The number of nitrogens with zero attached hydrogens (tertiary/aromatic N) is 5. The summed E-state index contributed by atoms with van der Waals surface area (Å²) in [6.45, 7) is 3.53. The monoisotopic (exact) mass is 469 g/mol. The van der Waals surface area contributed by atoms with Crippen LogP contribution in [0.5, 0.6) is 0 Å². The van der Waals surface area contributed by atoms with E-state index in [9.17, 15) is 14.0 Å². The van der Waals surface area contributed by atoms with Crippen molar-refractivity contribution in [2.75, 3.05) is 36.8 Å². The van der Waals surface area contributed by atoms with Crippen LogP contribution in [-0.2, 0) is 4.79 Å². The first-order valence-corrected chi connectivity index (χ1v) is 12.0. The average molecular weight is 470 g/mol. The number of para-hydroxylation sites is 1. The lowest BCUT2D eigenvalue weighted by atomic mass is 10.1. The molecule has 2 aromatic carbocycles. The van der Waals surface area contributed by atoms with E-state index in [1.165, 1.54) is 24.8 Å². The Morgan fingerprint density at radius 3 is 2.62 bits per heavy atom. The van der Waals surface area contributed by atoms with Gasteiger partial charge in [-0.1, -0.05) is 35.2 Å². The van der Waals surface area contributed by atoms with Crippen LogP contribution in [0.4, 0.5) is 10.1 Å². The molecule has 0 aliphatic carbocycles. The van der Waals surface area contributed by atoms with Gasteiger partial charge in [0.05, 0.1) is 21.7 Å². The smallest absolute Gasteiger partial charge is 0.233 e. The number of carbonyl (C=O) groups excluding carboxylic acids is 2. The van der Waals surface area contributed by atoms with E-state index < -0.39 is 5.82 Å².